The van der Waals surface area contributed by atoms with Crippen LogP contribution < -0.4 is 10.6 Å². The van der Waals surface area contributed by atoms with Gasteiger partial charge in [0.1, 0.15) is 0 Å². The first kappa shape index (κ1) is 8.01. The van der Waals surface area contributed by atoms with E-state index >= 15 is 0 Å². The lowest BCUT2D eigenvalue weighted by molar-refractivity contribution is -0.535. The van der Waals surface area contributed by atoms with Crippen LogP contribution in [0.2, 0.25) is 0 Å². The molecule has 3 nitrogen and oxygen atoms in total. The van der Waals surface area contributed by atoms with E-state index < -0.39 is 0 Å². The zero-order valence-electron chi connectivity index (χ0n) is 6.72. The number of likely N-dealkylation sites (N-methyl/N-ethyl adjacent to an activating group) is 1. The first-order valence-electron chi connectivity index (χ1n) is 3.87. The Bertz CT molecular complexity index is 203. The van der Waals surface area contributed by atoms with Crippen LogP contribution in [0.25, 0.3) is 0 Å². The average molecular weight is 152 g/mol. The van der Waals surface area contributed by atoms with Crippen molar-refractivity contribution >= 4 is 5.84 Å². The van der Waals surface area contributed by atoms with Gasteiger partial charge in [-0.3, -0.25) is 10.7 Å². The van der Waals surface area contributed by atoms with Crippen molar-refractivity contribution in [2.24, 2.45) is 0 Å². The first-order valence-corrected chi connectivity index (χ1v) is 3.87. The third kappa shape index (κ3) is 2.20. The average Bonchev–Trinajstić information content (AvgIpc) is 2.07. The first-order chi connectivity index (χ1) is 5.34. The van der Waals surface area contributed by atoms with E-state index in [4.69, 9.17) is 5.41 Å². The molecule has 3 heteroatoms. The third-order valence-corrected chi connectivity index (χ3v) is 1.54. The van der Waals surface area contributed by atoms with E-state index in [-0.39, 0.29) is 0 Å². The second kappa shape index (κ2) is 3.93. The van der Waals surface area contributed by atoms with E-state index in [1.807, 2.05) is 30.6 Å². The van der Waals surface area contributed by atoms with Gasteiger partial charge >= 0.3 is 0 Å². The Morgan fingerprint density at radius 3 is 3.18 bits per heavy atom. The third-order valence-electron chi connectivity index (χ3n) is 1.54. The molecule has 0 aromatic heterocycles. The van der Waals surface area contributed by atoms with Gasteiger partial charge in [-0.05, 0) is 19.2 Å². The van der Waals surface area contributed by atoms with Crippen molar-refractivity contribution in [3.05, 3.63) is 23.9 Å². The highest BCUT2D eigenvalue weighted by molar-refractivity contribution is 5.91. The monoisotopic (exact) mass is 152 g/mol. The fourth-order valence-corrected chi connectivity index (χ4v) is 0.975. The number of quaternary nitrogens is 1. The molecule has 0 radical (unpaired) electrons. The zero-order chi connectivity index (χ0) is 8.10. The maximum absolute atomic E-state index is 7.58. The molecule has 1 heterocycles. The number of rotatable bonds is 2. The molecule has 60 valence electrons. The van der Waals surface area contributed by atoms with Gasteiger partial charge in [0.25, 0.3) is 0 Å². The van der Waals surface area contributed by atoms with Gasteiger partial charge in [0, 0.05) is 6.54 Å². The summed E-state index contributed by atoms with van der Waals surface area (Å²) in [6.07, 6.45) is 5.83. The van der Waals surface area contributed by atoms with E-state index in [1.54, 1.807) is 0 Å². The molecule has 0 bridgehead atoms. The predicted octanol–water partition coefficient (Wildman–Crippen LogP) is -0.410. The molecule has 1 aliphatic rings. The van der Waals surface area contributed by atoms with Gasteiger partial charge in [0.15, 0.2) is 0 Å². The smallest absolute Gasteiger partial charge is 0.223 e. The van der Waals surface area contributed by atoms with Gasteiger partial charge in [-0.2, -0.15) is 0 Å². The fraction of sp³-hybridized carbons (Fsp3) is 0.375. The molecule has 0 atom stereocenters. The van der Waals surface area contributed by atoms with E-state index in [0.29, 0.717) is 5.84 Å². The Kier molecular flexibility index (Phi) is 2.86. The van der Waals surface area contributed by atoms with Crippen LogP contribution >= 0.6 is 0 Å². The largest absolute Gasteiger partial charge is 0.387 e. The van der Waals surface area contributed by atoms with Crippen molar-refractivity contribution in [3.63, 3.8) is 0 Å². The summed E-state index contributed by atoms with van der Waals surface area (Å²) in [6, 6.07) is 0. The van der Waals surface area contributed by atoms with Crippen LogP contribution in [0.3, 0.4) is 0 Å². The maximum Gasteiger partial charge on any atom is 0.223 e. The predicted molar refractivity (Wildman–Crippen MR) is 45.4 cm³/mol. The Morgan fingerprint density at radius 1 is 1.82 bits per heavy atom. The van der Waals surface area contributed by atoms with Crippen LogP contribution in [0, 0.1) is 5.41 Å². The zero-order valence-corrected chi connectivity index (χ0v) is 6.72. The second-order valence-corrected chi connectivity index (χ2v) is 2.43. The highest BCUT2D eigenvalue weighted by Crippen LogP contribution is 1.97. The minimum absolute atomic E-state index is 0.630. The summed E-state index contributed by atoms with van der Waals surface area (Å²) >= 11 is 0. The number of amidine groups is 1. The van der Waals surface area contributed by atoms with E-state index in [9.17, 15) is 0 Å². The maximum atomic E-state index is 7.58. The summed E-state index contributed by atoms with van der Waals surface area (Å²) in [5, 5.41) is 12.5. The molecule has 0 aromatic carbocycles. The second-order valence-electron chi connectivity index (χ2n) is 2.43. The Hall–Kier alpha value is -1.09. The molecule has 0 spiro atoms. The lowest BCUT2D eigenvalue weighted by atomic mass is 10.2. The Balaban J connectivity index is 2.52. The Labute approximate surface area is 66.7 Å². The van der Waals surface area contributed by atoms with Crippen LogP contribution in [-0.4, -0.2) is 18.9 Å². The molecule has 0 saturated carbocycles. The standard InChI is InChI=1S/C8H13N3/c1-2-11-8(9)7-3-5-10-6-4-7/h3-5,10H,2,6H2,1H3,(H2,9,11)/p+1. The molecular formula is C8H14N3+. The quantitative estimate of drug-likeness (QED) is 0.366. The van der Waals surface area contributed by atoms with Crippen molar-refractivity contribution in [1.29, 1.82) is 5.41 Å². The van der Waals surface area contributed by atoms with Crippen LogP contribution in [0.1, 0.15) is 6.92 Å². The normalized spacial score (nSPS) is 15.5. The van der Waals surface area contributed by atoms with Gasteiger partial charge in [-0.1, -0.05) is 6.08 Å². The van der Waals surface area contributed by atoms with Crippen LogP contribution in [-0.2, 0) is 0 Å². The number of dihydropyridines is 1. The molecule has 11 heavy (non-hydrogen) atoms. The van der Waals surface area contributed by atoms with Crippen LogP contribution in [0.5, 0.6) is 0 Å². The lowest BCUT2D eigenvalue weighted by Gasteiger charge is -2.06. The minimum Gasteiger partial charge on any atom is -0.387 e. The van der Waals surface area contributed by atoms with Crippen molar-refractivity contribution in [1.82, 2.24) is 5.32 Å². The molecule has 4 N–H and O–H groups in total. The molecule has 0 amide bonds. The molecular weight excluding hydrogens is 138 g/mol. The van der Waals surface area contributed by atoms with Gasteiger partial charge < -0.3 is 5.32 Å². The molecule has 0 fully saturated rings. The van der Waals surface area contributed by atoms with E-state index in [1.165, 1.54) is 0 Å². The van der Waals surface area contributed by atoms with E-state index in [0.717, 1.165) is 18.7 Å². The molecule has 1 rings (SSSR count). The summed E-state index contributed by atoms with van der Waals surface area (Å²) in [5.74, 6) is 0.630. The SMILES string of the molecule is CC[NH2+]C(=N)C1=CCNC=C1. The summed E-state index contributed by atoms with van der Waals surface area (Å²) in [7, 11) is 0. The minimum atomic E-state index is 0.630. The number of hydrogen-bond donors (Lipinski definition) is 3. The summed E-state index contributed by atoms with van der Waals surface area (Å²) in [6.45, 7) is 3.81. The molecule has 0 saturated heterocycles. The van der Waals surface area contributed by atoms with Gasteiger partial charge in [-0.25, -0.2) is 0 Å². The van der Waals surface area contributed by atoms with Gasteiger partial charge in [0.2, 0.25) is 5.84 Å². The molecule has 1 aliphatic heterocycles. The molecule has 0 aliphatic carbocycles. The van der Waals surface area contributed by atoms with Crippen molar-refractivity contribution in [3.8, 4) is 0 Å². The van der Waals surface area contributed by atoms with Gasteiger partial charge in [0.05, 0.1) is 12.1 Å². The van der Waals surface area contributed by atoms with Gasteiger partial charge in [-0.15, -0.1) is 0 Å². The summed E-state index contributed by atoms with van der Waals surface area (Å²) < 4.78 is 0. The van der Waals surface area contributed by atoms with E-state index in [2.05, 4.69) is 5.32 Å². The molecule has 0 aromatic rings. The topological polar surface area (TPSA) is 52.5 Å². The number of nitrogens with two attached hydrogens (primary N) is 1. The summed E-state index contributed by atoms with van der Waals surface area (Å²) in [5.41, 5.74) is 1.02. The van der Waals surface area contributed by atoms with Crippen LogP contribution in [0.15, 0.2) is 23.9 Å². The number of hydrogen-bond acceptors (Lipinski definition) is 2. The molecule has 0 unspecified atom stereocenters. The van der Waals surface area contributed by atoms with Crippen LogP contribution in [0.4, 0.5) is 0 Å². The summed E-state index contributed by atoms with van der Waals surface area (Å²) in [4.78, 5) is 0. The fourth-order valence-electron chi connectivity index (χ4n) is 0.975. The highest BCUT2D eigenvalue weighted by Gasteiger charge is 2.05. The lowest BCUT2D eigenvalue weighted by Crippen LogP contribution is -2.87. The highest BCUT2D eigenvalue weighted by atomic mass is 14.9. The van der Waals surface area contributed by atoms with Crippen molar-refractivity contribution in [2.45, 2.75) is 6.92 Å². The van der Waals surface area contributed by atoms with Crippen molar-refractivity contribution in [2.75, 3.05) is 13.1 Å². The number of nitrogens with one attached hydrogen (secondary N) is 2. The van der Waals surface area contributed by atoms with Crippen molar-refractivity contribution < 1.29 is 5.32 Å². The Morgan fingerprint density at radius 2 is 2.64 bits per heavy atom.